The van der Waals surface area contributed by atoms with Crippen molar-refractivity contribution in [1.82, 2.24) is 10.6 Å². The molecule has 5 nitrogen and oxygen atoms in total. The van der Waals surface area contributed by atoms with Crippen molar-refractivity contribution < 1.29 is 14.3 Å². The van der Waals surface area contributed by atoms with Crippen molar-refractivity contribution in [2.75, 3.05) is 20.8 Å². The molecule has 1 atom stereocenters. The fourth-order valence-electron chi connectivity index (χ4n) is 1.73. The molecule has 5 heteroatoms. The van der Waals surface area contributed by atoms with Crippen LogP contribution < -0.4 is 20.1 Å². The van der Waals surface area contributed by atoms with Crippen LogP contribution in [0.3, 0.4) is 0 Å². The quantitative estimate of drug-likeness (QED) is 0.806. The molecule has 0 aliphatic rings. The van der Waals surface area contributed by atoms with Gasteiger partial charge in [0.2, 0.25) is 0 Å². The average Bonchev–Trinajstić information content (AvgIpc) is 2.46. The van der Waals surface area contributed by atoms with Crippen LogP contribution in [0.15, 0.2) is 18.2 Å². The van der Waals surface area contributed by atoms with E-state index < -0.39 is 0 Å². The van der Waals surface area contributed by atoms with Gasteiger partial charge in [-0.3, -0.25) is 0 Å². The van der Waals surface area contributed by atoms with Gasteiger partial charge in [-0.25, -0.2) is 4.79 Å². The predicted octanol–water partition coefficient (Wildman–Crippen LogP) is 2.34. The van der Waals surface area contributed by atoms with Crippen LogP contribution in [-0.4, -0.2) is 32.8 Å². The number of nitrogens with one attached hydrogen (secondary N) is 2. The molecule has 0 fully saturated rings. The number of carbonyl (C=O) groups excluding carboxylic acids is 1. The molecule has 0 radical (unpaired) electrons. The lowest BCUT2D eigenvalue weighted by atomic mass is 10.1. The third-order valence-electron chi connectivity index (χ3n) is 3.14. The van der Waals surface area contributed by atoms with Gasteiger partial charge < -0.3 is 20.1 Å². The Labute approximate surface area is 120 Å². The van der Waals surface area contributed by atoms with Crippen molar-refractivity contribution in [3.8, 4) is 11.5 Å². The number of ether oxygens (including phenoxy) is 2. The minimum Gasteiger partial charge on any atom is -0.493 e. The fraction of sp³-hybridized carbons (Fsp3) is 0.533. The number of carbonyl (C=O) groups is 1. The van der Waals surface area contributed by atoms with Gasteiger partial charge in [0.1, 0.15) is 0 Å². The second kappa shape index (κ2) is 8.30. The largest absolute Gasteiger partial charge is 0.493 e. The van der Waals surface area contributed by atoms with Gasteiger partial charge >= 0.3 is 6.03 Å². The van der Waals surface area contributed by atoms with E-state index in [2.05, 4.69) is 10.6 Å². The molecule has 1 aromatic carbocycles. The van der Waals surface area contributed by atoms with E-state index in [1.54, 1.807) is 14.2 Å². The minimum atomic E-state index is -0.125. The highest BCUT2D eigenvalue weighted by atomic mass is 16.5. The summed E-state index contributed by atoms with van der Waals surface area (Å²) in [5.74, 6) is 1.41. The predicted molar refractivity (Wildman–Crippen MR) is 79.5 cm³/mol. The molecule has 0 saturated carbocycles. The zero-order valence-corrected chi connectivity index (χ0v) is 12.7. The summed E-state index contributed by atoms with van der Waals surface area (Å²) in [5.41, 5.74) is 1.09. The molecule has 1 rings (SSSR count). The number of hydrogen-bond acceptors (Lipinski definition) is 3. The van der Waals surface area contributed by atoms with E-state index >= 15 is 0 Å². The number of urea groups is 1. The Morgan fingerprint density at radius 1 is 1.25 bits per heavy atom. The maximum absolute atomic E-state index is 11.6. The van der Waals surface area contributed by atoms with Crippen LogP contribution in [-0.2, 0) is 6.42 Å². The SMILES string of the molecule is CCC(C)NC(=O)NCCc1ccc(OC)c(OC)c1. The lowest BCUT2D eigenvalue weighted by molar-refractivity contribution is 0.237. The van der Waals surface area contributed by atoms with Gasteiger partial charge in [0.25, 0.3) is 0 Å². The summed E-state index contributed by atoms with van der Waals surface area (Å²) >= 11 is 0. The topological polar surface area (TPSA) is 59.6 Å². The minimum absolute atomic E-state index is 0.125. The first-order valence-corrected chi connectivity index (χ1v) is 6.86. The standard InChI is InChI=1S/C15H24N2O3/c1-5-11(2)17-15(18)16-9-8-12-6-7-13(19-3)14(10-12)20-4/h6-7,10-11H,5,8-9H2,1-4H3,(H2,16,17,18). The summed E-state index contributed by atoms with van der Waals surface area (Å²) in [6, 6.07) is 5.83. The third kappa shape index (κ3) is 4.99. The second-order valence-electron chi connectivity index (χ2n) is 4.65. The van der Waals surface area contributed by atoms with Gasteiger partial charge in [0, 0.05) is 12.6 Å². The fourth-order valence-corrected chi connectivity index (χ4v) is 1.73. The van der Waals surface area contributed by atoms with Crippen LogP contribution in [0.5, 0.6) is 11.5 Å². The summed E-state index contributed by atoms with van der Waals surface area (Å²) < 4.78 is 10.4. The number of methoxy groups -OCH3 is 2. The summed E-state index contributed by atoms with van der Waals surface area (Å²) in [4.78, 5) is 11.6. The number of hydrogen-bond donors (Lipinski definition) is 2. The first-order valence-electron chi connectivity index (χ1n) is 6.86. The Balaban J connectivity index is 2.44. The van der Waals surface area contributed by atoms with Crippen LogP contribution in [0.1, 0.15) is 25.8 Å². The molecule has 20 heavy (non-hydrogen) atoms. The number of rotatable bonds is 7. The van der Waals surface area contributed by atoms with E-state index in [1.807, 2.05) is 32.0 Å². The van der Waals surface area contributed by atoms with E-state index in [1.165, 1.54) is 0 Å². The molecular formula is C15H24N2O3. The zero-order valence-electron chi connectivity index (χ0n) is 12.7. The number of benzene rings is 1. The smallest absolute Gasteiger partial charge is 0.315 e. The van der Waals surface area contributed by atoms with Crippen molar-refractivity contribution >= 4 is 6.03 Å². The van der Waals surface area contributed by atoms with Crippen molar-refractivity contribution in [3.63, 3.8) is 0 Å². The summed E-state index contributed by atoms with van der Waals surface area (Å²) in [5, 5.41) is 5.70. The maximum Gasteiger partial charge on any atom is 0.315 e. The van der Waals surface area contributed by atoms with Crippen LogP contribution in [0.25, 0.3) is 0 Å². The Morgan fingerprint density at radius 3 is 2.55 bits per heavy atom. The Bertz CT molecular complexity index is 435. The van der Waals surface area contributed by atoms with Gasteiger partial charge in [0.15, 0.2) is 11.5 Å². The van der Waals surface area contributed by atoms with Crippen LogP contribution in [0, 0.1) is 0 Å². The lowest BCUT2D eigenvalue weighted by Gasteiger charge is -2.13. The average molecular weight is 280 g/mol. The van der Waals surface area contributed by atoms with E-state index in [0.717, 1.165) is 18.4 Å². The monoisotopic (exact) mass is 280 g/mol. The molecule has 112 valence electrons. The molecule has 0 saturated heterocycles. The van der Waals surface area contributed by atoms with Gasteiger partial charge in [-0.05, 0) is 37.5 Å². The molecule has 0 aromatic heterocycles. The van der Waals surface area contributed by atoms with Crippen LogP contribution >= 0.6 is 0 Å². The first-order chi connectivity index (χ1) is 9.60. The van der Waals surface area contributed by atoms with Crippen LogP contribution in [0.2, 0.25) is 0 Å². The van der Waals surface area contributed by atoms with Crippen molar-refractivity contribution in [2.45, 2.75) is 32.7 Å². The van der Waals surface area contributed by atoms with Gasteiger partial charge in [-0.15, -0.1) is 0 Å². The molecule has 0 spiro atoms. The second-order valence-corrected chi connectivity index (χ2v) is 4.65. The third-order valence-corrected chi connectivity index (χ3v) is 3.14. The molecule has 2 N–H and O–H groups in total. The highest BCUT2D eigenvalue weighted by Gasteiger charge is 2.06. The van der Waals surface area contributed by atoms with E-state index in [4.69, 9.17) is 9.47 Å². The van der Waals surface area contributed by atoms with E-state index in [0.29, 0.717) is 18.0 Å². The molecule has 0 aliphatic heterocycles. The molecular weight excluding hydrogens is 256 g/mol. The first kappa shape index (κ1) is 16.1. The van der Waals surface area contributed by atoms with Crippen molar-refractivity contribution in [1.29, 1.82) is 0 Å². The maximum atomic E-state index is 11.6. The zero-order chi connectivity index (χ0) is 15.0. The molecule has 1 unspecified atom stereocenters. The normalized spacial score (nSPS) is 11.6. The Kier molecular flexibility index (Phi) is 6.70. The highest BCUT2D eigenvalue weighted by Crippen LogP contribution is 2.27. The van der Waals surface area contributed by atoms with Gasteiger partial charge in [-0.2, -0.15) is 0 Å². The van der Waals surface area contributed by atoms with E-state index in [9.17, 15) is 4.79 Å². The summed E-state index contributed by atoms with van der Waals surface area (Å²) in [7, 11) is 3.22. The van der Waals surface area contributed by atoms with E-state index in [-0.39, 0.29) is 12.1 Å². The van der Waals surface area contributed by atoms with Gasteiger partial charge in [0.05, 0.1) is 14.2 Å². The summed E-state index contributed by atoms with van der Waals surface area (Å²) in [6.07, 6.45) is 1.66. The Hall–Kier alpha value is -1.91. The molecule has 0 heterocycles. The molecule has 1 aromatic rings. The Morgan fingerprint density at radius 2 is 1.95 bits per heavy atom. The van der Waals surface area contributed by atoms with Crippen LogP contribution in [0.4, 0.5) is 4.79 Å². The molecule has 2 amide bonds. The van der Waals surface area contributed by atoms with Gasteiger partial charge in [-0.1, -0.05) is 13.0 Å². The number of amides is 2. The summed E-state index contributed by atoms with van der Waals surface area (Å²) in [6.45, 7) is 4.60. The molecule has 0 bridgehead atoms. The highest BCUT2D eigenvalue weighted by molar-refractivity contribution is 5.74. The molecule has 0 aliphatic carbocycles. The lowest BCUT2D eigenvalue weighted by Crippen LogP contribution is -2.41. The van der Waals surface area contributed by atoms with Crippen molar-refractivity contribution in [2.24, 2.45) is 0 Å². The van der Waals surface area contributed by atoms with Crippen molar-refractivity contribution in [3.05, 3.63) is 23.8 Å².